The maximum absolute atomic E-state index is 13.3. The molecular weight excluding hydrogens is 259 g/mol. The molecule has 2 heterocycles. The van der Waals surface area contributed by atoms with E-state index in [1.54, 1.807) is 12.3 Å². The molecule has 0 bridgehead atoms. The summed E-state index contributed by atoms with van der Waals surface area (Å²) in [6.45, 7) is 5.89. The van der Waals surface area contributed by atoms with Crippen LogP contribution in [0.4, 0.5) is 4.39 Å². The highest BCUT2D eigenvalue weighted by Gasteiger charge is 2.08. The molecular formula is C15H19FN2O2. The molecule has 0 atom stereocenters. The highest BCUT2D eigenvalue weighted by Crippen LogP contribution is 2.17. The van der Waals surface area contributed by atoms with Crippen LogP contribution in [0.2, 0.25) is 0 Å². The average Bonchev–Trinajstić information content (AvgIpc) is 2.90. The highest BCUT2D eigenvalue weighted by atomic mass is 19.1. The third-order valence-corrected chi connectivity index (χ3v) is 2.69. The fourth-order valence-electron chi connectivity index (χ4n) is 1.75. The van der Waals surface area contributed by atoms with Crippen molar-refractivity contribution in [3.63, 3.8) is 0 Å². The van der Waals surface area contributed by atoms with Gasteiger partial charge in [-0.05, 0) is 30.7 Å². The minimum Gasteiger partial charge on any atom is -0.469 e. The van der Waals surface area contributed by atoms with Crippen LogP contribution in [0.5, 0.6) is 5.88 Å². The van der Waals surface area contributed by atoms with E-state index >= 15 is 0 Å². The number of hydrogen-bond donors (Lipinski definition) is 1. The van der Waals surface area contributed by atoms with Crippen LogP contribution in [0, 0.1) is 11.7 Å². The molecule has 0 spiro atoms. The van der Waals surface area contributed by atoms with Crippen LogP contribution >= 0.6 is 0 Å². The molecule has 1 N–H and O–H groups in total. The topological polar surface area (TPSA) is 47.3 Å². The van der Waals surface area contributed by atoms with Gasteiger partial charge in [0.1, 0.15) is 18.2 Å². The van der Waals surface area contributed by atoms with Crippen LogP contribution < -0.4 is 10.1 Å². The number of hydrogen-bond acceptors (Lipinski definition) is 4. The summed E-state index contributed by atoms with van der Waals surface area (Å²) in [5.41, 5.74) is 0.706. The number of rotatable bonds is 7. The Bertz CT molecular complexity index is 527. The molecule has 4 nitrogen and oxygen atoms in total. The third-order valence-electron chi connectivity index (χ3n) is 2.69. The predicted molar refractivity (Wildman–Crippen MR) is 73.8 cm³/mol. The molecule has 0 aromatic carbocycles. The summed E-state index contributed by atoms with van der Waals surface area (Å²) in [4.78, 5) is 4.00. The predicted octanol–water partition coefficient (Wildman–Crippen LogP) is 3.14. The standard InChI is InChI=1S/C15H19FN2O2/c1-11(2)7-17-8-12-6-13(16)9-18-15(12)20-10-14-4-3-5-19-14/h3-6,9,11,17H,7-8,10H2,1-2H3. The van der Waals surface area contributed by atoms with E-state index in [9.17, 15) is 4.39 Å². The summed E-state index contributed by atoms with van der Waals surface area (Å²) in [7, 11) is 0. The number of halogens is 1. The van der Waals surface area contributed by atoms with E-state index in [1.165, 1.54) is 6.07 Å². The van der Waals surface area contributed by atoms with E-state index < -0.39 is 0 Å². The maximum atomic E-state index is 13.3. The van der Waals surface area contributed by atoms with Crippen molar-refractivity contribution in [3.8, 4) is 5.88 Å². The zero-order chi connectivity index (χ0) is 14.4. The number of pyridine rings is 1. The Balaban J connectivity index is 1.99. The summed E-state index contributed by atoms with van der Waals surface area (Å²) >= 11 is 0. The Morgan fingerprint density at radius 1 is 1.45 bits per heavy atom. The molecule has 20 heavy (non-hydrogen) atoms. The van der Waals surface area contributed by atoms with Gasteiger partial charge in [-0.15, -0.1) is 0 Å². The molecule has 0 saturated carbocycles. The Kier molecular flexibility index (Phi) is 5.12. The van der Waals surface area contributed by atoms with Gasteiger partial charge >= 0.3 is 0 Å². The van der Waals surface area contributed by atoms with Gasteiger partial charge in [-0.25, -0.2) is 9.37 Å². The Morgan fingerprint density at radius 3 is 3.00 bits per heavy atom. The molecule has 0 saturated heterocycles. The normalized spacial score (nSPS) is 11.0. The molecule has 0 unspecified atom stereocenters. The van der Waals surface area contributed by atoms with Crippen molar-refractivity contribution in [1.82, 2.24) is 10.3 Å². The van der Waals surface area contributed by atoms with Crippen LogP contribution in [0.3, 0.4) is 0 Å². The minimum atomic E-state index is -0.364. The summed E-state index contributed by atoms with van der Waals surface area (Å²) in [5.74, 6) is 1.30. The number of furan rings is 1. The second-order valence-electron chi connectivity index (χ2n) is 5.01. The average molecular weight is 278 g/mol. The van der Waals surface area contributed by atoms with Crippen LogP contribution in [0.25, 0.3) is 0 Å². The lowest BCUT2D eigenvalue weighted by molar-refractivity contribution is 0.256. The lowest BCUT2D eigenvalue weighted by Gasteiger charge is -2.11. The van der Waals surface area contributed by atoms with Gasteiger partial charge in [0, 0.05) is 12.1 Å². The van der Waals surface area contributed by atoms with Gasteiger partial charge < -0.3 is 14.5 Å². The Labute approximate surface area is 118 Å². The SMILES string of the molecule is CC(C)CNCc1cc(F)cnc1OCc1ccco1. The molecule has 2 aromatic rings. The van der Waals surface area contributed by atoms with Crippen molar-refractivity contribution in [2.75, 3.05) is 6.54 Å². The van der Waals surface area contributed by atoms with Crippen molar-refractivity contribution < 1.29 is 13.5 Å². The molecule has 0 aliphatic heterocycles. The lowest BCUT2D eigenvalue weighted by Crippen LogP contribution is -2.19. The summed E-state index contributed by atoms with van der Waals surface area (Å²) in [5, 5.41) is 3.25. The summed E-state index contributed by atoms with van der Waals surface area (Å²) in [6, 6.07) is 5.06. The van der Waals surface area contributed by atoms with Gasteiger partial charge in [-0.1, -0.05) is 13.8 Å². The minimum absolute atomic E-state index is 0.281. The summed E-state index contributed by atoms with van der Waals surface area (Å²) < 4.78 is 24.1. The van der Waals surface area contributed by atoms with Crippen LogP contribution in [0.15, 0.2) is 35.1 Å². The summed E-state index contributed by atoms with van der Waals surface area (Å²) in [6.07, 6.45) is 2.74. The van der Waals surface area contributed by atoms with E-state index in [0.29, 0.717) is 29.7 Å². The zero-order valence-electron chi connectivity index (χ0n) is 11.7. The van der Waals surface area contributed by atoms with Gasteiger partial charge in [-0.3, -0.25) is 0 Å². The van der Waals surface area contributed by atoms with E-state index in [0.717, 1.165) is 12.7 Å². The van der Waals surface area contributed by atoms with Gasteiger partial charge in [0.05, 0.1) is 12.5 Å². The highest BCUT2D eigenvalue weighted by molar-refractivity contribution is 5.26. The molecule has 0 aliphatic carbocycles. The largest absolute Gasteiger partial charge is 0.469 e. The van der Waals surface area contributed by atoms with Gasteiger partial charge in [0.2, 0.25) is 5.88 Å². The molecule has 0 radical (unpaired) electrons. The van der Waals surface area contributed by atoms with Crippen LogP contribution in [0.1, 0.15) is 25.2 Å². The van der Waals surface area contributed by atoms with Crippen LogP contribution in [-0.2, 0) is 13.2 Å². The molecule has 0 amide bonds. The zero-order valence-corrected chi connectivity index (χ0v) is 11.7. The van der Waals surface area contributed by atoms with E-state index in [-0.39, 0.29) is 12.4 Å². The first-order valence-corrected chi connectivity index (χ1v) is 6.65. The van der Waals surface area contributed by atoms with Crippen LogP contribution in [-0.4, -0.2) is 11.5 Å². The molecule has 2 aromatic heterocycles. The van der Waals surface area contributed by atoms with E-state index in [1.807, 2.05) is 6.07 Å². The molecule has 0 aliphatic rings. The van der Waals surface area contributed by atoms with Crippen molar-refractivity contribution >= 4 is 0 Å². The Hall–Kier alpha value is -1.88. The number of nitrogens with zero attached hydrogens (tertiary/aromatic N) is 1. The van der Waals surface area contributed by atoms with Gasteiger partial charge in [-0.2, -0.15) is 0 Å². The van der Waals surface area contributed by atoms with Crippen molar-refractivity contribution in [2.45, 2.75) is 27.0 Å². The van der Waals surface area contributed by atoms with Crippen molar-refractivity contribution in [1.29, 1.82) is 0 Å². The van der Waals surface area contributed by atoms with Crippen molar-refractivity contribution in [3.05, 3.63) is 47.8 Å². The smallest absolute Gasteiger partial charge is 0.218 e. The lowest BCUT2D eigenvalue weighted by atomic mass is 10.2. The first-order valence-electron chi connectivity index (χ1n) is 6.65. The molecule has 2 rings (SSSR count). The fraction of sp³-hybridized carbons (Fsp3) is 0.400. The second-order valence-corrected chi connectivity index (χ2v) is 5.01. The van der Waals surface area contributed by atoms with E-state index in [2.05, 4.69) is 24.1 Å². The fourth-order valence-corrected chi connectivity index (χ4v) is 1.75. The first-order chi connectivity index (χ1) is 9.65. The van der Waals surface area contributed by atoms with Gasteiger partial charge in [0.25, 0.3) is 0 Å². The Morgan fingerprint density at radius 2 is 2.30 bits per heavy atom. The van der Waals surface area contributed by atoms with Crippen molar-refractivity contribution in [2.24, 2.45) is 5.92 Å². The quantitative estimate of drug-likeness (QED) is 0.845. The first kappa shape index (κ1) is 14.5. The molecule has 108 valence electrons. The maximum Gasteiger partial charge on any atom is 0.218 e. The monoisotopic (exact) mass is 278 g/mol. The number of aromatic nitrogens is 1. The second kappa shape index (κ2) is 7.05. The van der Waals surface area contributed by atoms with E-state index in [4.69, 9.17) is 9.15 Å². The number of nitrogens with one attached hydrogen (secondary N) is 1. The molecule has 0 fully saturated rings. The number of ether oxygens (including phenoxy) is 1. The third kappa shape index (κ3) is 4.35. The van der Waals surface area contributed by atoms with Gasteiger partial charge in [0.15, 0.2) is 0 Å². The molecule has 5 heteroatoms.